The summed E-state index contributed by atoms with van der Waals surface area (Å²) in [5, 5.41) is 0. The van der Waals surface area contributed by atoms with E-state index in [4.69, 9.17) is 0 Å². The standard InChI is InChI=1S/C17H27N5S/c1-4-20(5-2)7-6-15-9-21(10-16-8-18-12-22(15)16)11-17-14(3)19-13-23-17/h8,12-13,15H,4-7,9-11H2,1-3H3/t15-/m0/s1. The van der Waals surface area contributed by atoms with Gasteiger partial charge in [0.25, 0.3) is 0 Å². The van der Waals surface area contributed by atoms with Crippen LogP contribution in [-0.2, 0) is 13.1 Å². The molecule has 0 spiro atoms. The maximum Gasteiger partial charge on any atom is 0.0951 e. The smallest absolute Gasteiger partial charge is 0.0951 e. The number of hydrogen-bond acceptors (Lipinski definition) is 5. The second kappa shape index (κ2) is 7.55. The number of aryl methyl sites for hydroxylation is 1. The van der Waals surface area contributed by atoms with Gasteiger partial charge < -0.3 is 9.47 Å². The number of imidazole rings is 1. The lowest BCUT2D eigenvalue weighted by Gasteiger charge is -2.35. The molecule has 0 radical (unpaired) electrons. The summed E-state index contributed by atoms with van der Waals surface area (Å²) in [5.41, 5.74) is 4.47. The molecule has 0 bridgehead atoms. The lowest BCUT2D eigenvalue weighted by atomic mass is 10.1. The minimum absolute atomic E-state index is 0.523. The summed E-state index contributed by atoms with van der Waals surface area (Å²) in [7, 11) is 0. The molecule has 0 saturated carbocycles. The van der Waals surface area contributed by atoms with Gasteiger partial charge in [-0.2, -0.15) is 0 Å². The first kappa shape index (κ1) is 16.6. The highest BCUT2D eigenvalue weighted by Crippen LogP contribution is 2.26. The second-order valence-corrected chi connectivity index (χ2v) is 7.23. The minimum Gasteiger partial charge on any atom is -0.329 e. The molecule has 0 N–H and O–H groups in total. The highest BCUT2D eigenvalue weighted by atomic mass is 32.1. The predicted molar refractivity (Wildman–Crippen MR) is 94.6 cm³/mol. The fraction of sp³-hybridized carbons (Fsp3) is 0.647. The van der Waals surface area contributed by atoms with Crippen LogP contribution >= 0.6 is 11.3 Å². The van der Waals surface area contributed by atoms with E-state index >= 15 is 0 Å². The van der Waals surface area contributed by atoms with Gasteiger partial charge in [0, 0.05) is 43.3 Å². The summed E-state index contributed by atoms with van der Waals surface area (Å²) in [5.74, 6) is 0. The van der Waals surface area contributed by atoms with Crippen molar-refractivity contribution in [2.24, 2.45) is 0 Å². The van der Waals surface area contributed by atoms with Gasteiger partial charge in [0.05, 0.1) is 23.2 Å². The Labute approximate surface area is 143 Å². The quantitative estimate of drug-likeness (QED) is 0.781. The molecule has 2 aromatic heterocycles. The molecule has 0 aliphatic carbocycles. The van der Waals surface area contributed by atoms with Crippen LogP contribution in [0.4, 0.5) is 0 Å². The zero-order valence-electron chi connectivity index (χ0n) is 14.4. The van der Waals surface area contributed by atoms with E-state index in [0.717, 1.165) is 39.3 Å². The lowest BCUT2D eigenvalue weighted by Crippen LogP contribution is -2.38. The maximum atomic E-state index is 4.38. The van der Waals surface area contributed by atoms with Crippen molar-refractivity contribution in [2.75, 3.05) is 26.2 Å². The molecule has 0 saturated heterocycles. The predicted octanol–water partition coefficient (Wildman–Crippen LogP) is 2.94. The third-order valence-corrected chi connectivity index (χ3v) is 5.80. The molecule has 2 aromatic rings. The van der Waals surface area contributed by atoms with E-state index in [2.05, 4.69) is 45.1 Å². The summed E-state index contributed by atoms with van der Waals surface area (Å²) in [4.78, 5) is 15.2. The van der Waals surface area contributed by atoms with Crippen LogP contribution < -0.4 is 0 Å². The molecule has 0 aromatic carbocycles. The molecular weight excluding hydrogens is 306 g/mol. The number of nitrogens with zero attached hydrogens (tertiary/aromatic N) is 5. The van der Waals surface area contributed by atoms with E-state index in [0.29, 0.717) is 6.04 Å². The van der Waals surface area contributed by atoms with Crippen LogP contribution in [0.15, 0.2) is 18.0 Å². The minimum atomic E-state index is 0.523. The van der Waals surface area contributed by atoms with E-state index in [1.807, 2.05) is 18.0 Å². The van der Waals surface area contributed by atoms with E-state index in [-0.39, 0.29) is 0 Å². The highest BCUT2D eigenvalue weighted by Gasteiger charge is 2.25. The van der Waals surface area contributed by atoms with Crippen molar-refractivity contribution in [3.63, 3.8) is 0 Å². The van der Waals surface area contributed by atoms with E-state index < -0.39 is 0 Å². The Morgan fingerprint density at radius 1 is 1.35 bits per heavy atom. The fourth-order valence-corrected chi connectivity index (χ4v) is 4.18. The van der Waals surface area contributed by atoms with Crippen molar-refractivity contribution in [1.82, 2.24) is 24.3 Å². The summed E-state index contributed by atoms with van der Waals surface area (Å²) in [6.07, 6.45) is 5.22. The van der Waals surface area contributed by atoms with Crippen molar-refractivity contribution in [2.45, 2.75) is 46.3 Å². The number of fused-ring (bicyclic) bond motifs is 1. The largest absolute Gasteiger partial charge is 0.329 e. The number of hydrogen-bond donors (Lipinski definition) is 0. The van der Waals surface area contributed by atoms with Gasteiger partial charge in [0.1, 0.15) is 0 Å². The third kappa shape index (κ3) is 3.82. The van der Waals surface area contributed by atoms with Gasteiger partial charge in [-0.3, -0.25) is 4.90 Å². The van der Waals surface area contributed by atoms with Crippen molar-refractivity contribution in [3.05, 3.63) is 34.3 Å². The van der Waals surface area contributed by atoms with Crippen molar-refractivity contribution < 1.29 is 0 Å². The normalized spacial score (nSPS) is 18.5. The summed E-state index contributed by atoms with van der Waals surface area (Å²) in [6, 6.07) is 0.523. The first-order valence-corrected chi connectivity index (χ1v) is 9.43. The Hall–Kier alpha value is -1.24. The SMILES string of the molecule is CCN(CC)CC[C@H]1CN(Cc2scnc2C)Cc2cncn21. The molecular formula is C17H27N5S. The Balaban J connectivity index is 1.68. The van der Waals surface area contributed by atoms with Crippen LogP contribution in [0, 0.1) is 6.92 Å². The molecule has 3 heterocycles. The molecule has 0 fully saturated rings. The van der Waals surface area contributed by atoms with Crippen LogP contribution in [0.3, 0.4) is 0 Å². The van der Waals surface area contributed by atoms with Crippen molar-refractivity contribution in [3.8, 4) is 0 Å². The monoisotopic (exact) mass is 333 g/mol. The zero-order chi connectivity index (χ0) is 16.2. The second-order valence-electron chi connectivity index (χ2n) is 6.29. The van der Waals surface area contributed by atoms with Gasteiger partial charge in [0.15, 0.2) is 0 Å². The molecule has 0 unspecified atom stereocenters. The number of rotatable bonds is 7. The molecule has 126 valence electrons. The molecule has 1 aliphatic rings. The Morgan fingerprint density at radius 2 is 2.17 bits per heavy atom. The zero-order valence-corrected chi connectivity index (χ0v) is 15.2. The van der Waals surface area contributed by atoms with Crippen LogP contribution in [0.1, 0.15) is 42.6 Å². The van der Waals surface area contributed by atoms with Crippen LogP contribution in [0.25, 0.3) is 0 Å². The molecule has 0 amide bonds. The van der Waals surface area contributed by atoms with Gasteiger partial charge >= 0.3 is 0 Å². The van der Waals surface area contributed by atoms with Crippen molar-refractivity contribution >= 4 is 11.3 Å². The maximum absolute atomic E-state index is 4.38. The average molecular weight is 334 g/mol. The molecule has 23 heavy (non-hydrogen) atoms. The first-order valence-electron chi connectivity index (χ1n) is 8.55. The Kier molecular flexibility index (Phi) is 5.46. The van der Waals surface area contributed by atoms with Gasteiger partial charge in [-0.05, 0) is 26.4 Å². The topological polar surface area (TPSA) is 37.2 Å². The first-order chi connectivity index (χ1) is 11.2. The van der Waals surface area contributed by atoms with Crippen LogP contribution in [0.5, 0.6) is 0 Å². The molecule has 3 rings (SSSR count). The van der Waals surface area contributed by atoms with E-state index in [9.17, 15) is 0 Å². The number of aromatic nitrogens is 3. The average Bonchev–Trinajstić information content (AvgIpc) is 3.18. The van der Waals surface area contributed by atoms with Gasteiger partial charge in [-0.1, -0.05) is 13.8 Å². The summed E-state index contributed by atoms with van der Waals surface area (Å²) < 4.78 is 2.39. The third-order valence-electron chi connectivity index (χ3n) is 4.88. The lowest BCUT2D eigenvalue weighted by molar-refractivity contribution is 0.160. The number of thiazole rings is 1. The van der Waals surface area contributed by atoms with E-state index in [1.165, 1.54) is 22.7 Å². The molecule has 5 nitrogen and oxygen atoms in total. The van der Waals surface area contributed by atoms with Gasteiger partial charge in [-0.25, -0.2) is 9.97 Å². The highest BCUT2D eigenvalue weighted by molar-refractivity contribution is 7.09. The molecule has 6 heteroatoms. The Bertz CT molecular complexity index is 616. The van der Waals surface area contributed by atoms with Gasteiger partial charge in [-0.15, -0.1) is 11.3 Å². The summed E-state index contributed by atoms with van der Waals surface area (Å²) >= 11 is 1.77. The fourth-order valence-electron chi connectivity index (χ4n) is 3.37. The molecule has 1 atom stereocenters. The van der Waals surface area contributed by atoms with Crippen molar-refractivity contribution in [1.29, 1.82) is 0 Å². The van der Waals surface area contributed by atoms with Crippen LogP contribution in [-0.4, -0.2) is 50.5 Å². The van der Waals surface area contributed by atoms with Gasteiger partial charge in [0.2, 0.25) is 0 Å². The van der Waals surface area contributed by atoms with E-state index in [1.54, 1.807) is 11.3 Å². The summed E-state index contributed by atoms with van der Waals surface area (Å²) in [6.45, 7) is 13.1. The molecule has 1 aliphatic heterocycles. The van der Waals surface area contributed by atoms with Crippen LogP contribution in [0.2, 0.25) is 0 Å². The Morgan fingerprint density at radius 3 is 2.87 bits per heavy atom.